The summed E-state index contributed by atoms with van der Waals surface area (Å²) in [7, 11) is 0. The molecule has 3 heterocycles. The first-order chi connectivity index (χ1) is 23.3. The van der Waals surface area contributed by atoms with Gasteiger partial charge in [0.25, 0.3) is 0 Å². The smallest absolute Gasteiger partial charge is 0.354 e. The molecular weight excluding hydrogens is 801 g/mol. The van der Waals surface area contributed by atoms with E-state index in [0.29, 0.717) is 0 Å². The molecule has 0 amide bonds. The van der Waals surface area contributed by atoms with Gasteiger partial charge in [0.15, 0.2) is 5.69 Å². The Labute approximate surface area is 301 Å². The van der Waals surface area contributed by atoms with Crippen molar-refractivity contribution >= 4 is 80.7 Å². The van der Waals surface area contributed by atoms with Crippen LogP contribution in [0, 0.1) is 33.8 Å². The van der Waals surface area contributed by atoms with Gasteiger partial charge < -0.3 is 5.11 Å². The van der Waals surface area contributed by atoms with E-state index in [1.54, 1.807) is 6.92 Å². The molecule has 4 nitrogen and oxygen atoms in total. The molecule has 0 unspecified atom stereocenters. The fourth-order valence-corrected chi connectivity index (χ4v) is 7.84. The summed E-state index contributed by atoms with van der Waals surface area (Å²) in [5, 5.41) is 20.4. The summed E-state index contributed by atoms with van der Waals surface area (Å²) in [6, 6.07) is 42.7. The van der Waals surface area contributed by atoms with Crippen LogP contribution in [-0.2, 0) is 20.1 Å². The molecule has 241 valence electrons. The first-order valence-electron chi connectivity index (χ1n) is 15.9. The van der Waals surface area contributed by atoms with Crippen LogP contribution in [-0.4, -0.2) is 21.0 Å². The Hall–Kier alpha value is -5.00. The fourth-order valence-electron chi connectivity index (χ4n) is 6.76. The van der Waals surface area contributed by atoms with Crippen molar-refractivity contribution in [2.45, 2.75) is 27.7 Å². The van der Waals surface area contributed by atoms with E-state index in [0.717, 1.165) is 44.5 Å². The number of rotatable bonds is 2. The van der Waals surface area contributed by atoms with E-state index in [2.05, 4.69) is 114 Å². The normalized spacial score (nSPS) is 11.3. The van der Waals surface area contributed by atoms with Crippen molar-refractivity contribution in [2.75, 3.05) is 0 Å². The molecule has 0 atom stereocenters. The van der Waals surface area contributed by atoms with Crippen molar-refractivity contribution in [1.82, 2.24) is 9.97 Å². The van der Waals surface area contributed by atoms with Crippen LogP contribution < -0.4 is 0 Å². The minimum absolute atomic E-state index is 0. The molecule has 49 heavy (non-hydrogen) atoms. The summed E-state index contributed by atoms with van der Waals surface area (Å²) in [5.74, 6) is -0.955. The molecule has 0 saturated carbocycles. The van der Waals surface area contributed by atoms with E-state index in [1.807, 2.05) is 38.2 Å². The van der Waals surface area contributed by atoms with Gasteiger partial charge in [0.1, 0.15) is 0 Å². The summed E-state index contributed by atoms with van der Waals surface area (Å²) >= 11 is 1.85. The second kappa shape index (κ2) is 12.8. The summed E-state index contributed by atoms with van der Waals surface area (Å²) in [5.41, 5.74) is 6.82. The maximum Gasteiger partial charge on any atom is 0.354 e. The number of carboxylic acids is 1. The van der Waals surface area contributed by atoms with Crippen LogP contribution in [0.2, 0.25) is 0 Å². The minimum Gasteiger partial charge on any atom is -0.477 e. The second-order valence-corrected chi connectivity index (χ2v) is 13.4. The zero-order valence-corrected chi connectivity index (χ0v) is 30.6. The number of aromatic nitrogens is 2. The van der Waals surface area contributed by atoms with E-state index in [4.69, 9.17) is 10.1 Å². The van der Waals surface area contributed by atoms with Crippen LogP contribution >= 0.6 is 11.3 Å². The van der Waals surface area contributed by atoms with E-state index >= 15 is 0 Å². The van der Waals surface area contributed by atoms with E-state index < -0.39 is 5.97 Å². The predicted octanol–water partition coefficient (Wildman–Crippen LogP) is 11.5. The van der Waals surface area contributed by atoms with Gasteiger partial charge in [0, 0.05) is 30.5 Å². The number of pyridine rings is 2. The van der Waals surface area contributed by atoms with Crippen LogP contribution in [0.25, 0.3) is 74.6 Å². The number of thiophene rings is 1. The number of aromatic carboxylic acids is 1. The Balaban J connectivity index is 0.000000231. The van der Waals surface area contributed by atoms with Crippen molar-refractivity contribution in [1.29, 1.82) is 0 Å². The molecular formula is C43H31IrN2O2S-. The zero-order valence-electron chi connectivity index (χ0n) is 27.4. The molecule has 9 aromatic rings. The Bertz CT molecular complexity index is 2770. The van der Waals surface area contributed by atoms with Gasteiger partial charge in [-0.05, 0) is 116 Å². The number of carboxylic acid groups (broad SMARTS) is 1. The summed E-state index contributed by atoms with van der Waals surface area (Å²) < 4.78 is 2.57. The fraction of sp³-hybridized carbons (Fsp3) is 0.0930. The minimum atomic E-state index is -0.955. The quantitative estimate of drug-likeness (QED) is 0.139. The van der Waals surface area contributed by atoms with Crippen LogP contribution in [0.3, 0.4) is 0 Å². The number of fused-ring (bicyclic) bond motifs is 10. The maximum atomic E-state index is 10.8. The summed E-state index contributed by atoms with van der Waals surface area (Å²) in [6.07, 6.45) is 0. The first kappa shape index (κ1) is 32.5. The topological polar surface area (TPSA) is 63.1 Å². The maximum absolute atomic E-state index is 10.8. The molecule has 6 aromatic carbocycles. The van der Waals surface area contributed by atoms with Gasteiger partial charge in [-0.1, -0.05) is 84.2 Å². The number of nitrogens with zero attached hydrogens (tertiary/aromatic N) is 2. The average Bonchev–Trinajstić information content (AvgIpc) is 3.48. The van der Waals surface area contributed by atoms with Crippen molar-refractivity contribution in [3.8, 4) is 11.3 Å². The molecule has 0 aliphatic carbocycles. The molecule has 6 heteroatoms. The Morgan fingerprint density at radius 2 is 1.20 bits per heavy atom. The van der Waals surface area contributed by atoms with Crippen molar-refractivity contribution in [2.24, 2.45) is 0 Å². The number of hydrogen-bond donors (Lipinski definition) is 1. The molecule has 1 radical (unpaired) electrons. The molecule has 0 fully saturated rings. The van der Waals surface area contributed by atoms with Crippen LogP contribution in [0.1, 0.15) is 32.9 Å². The van der Waals surface area contributed by atoms with Crippen molar-refractivity contribution in [3.63, 3.8) is 0 Å². The third-order valence-corrected chi connectivity index (χ3v) is 10.8. The van der Waals surface area contributed by atoms with Gasteiger partial charge in [-0.25, -0.2) is 9.78 Å². The molecule has 0 aliphatic heterocycles. The number of hydrogen-bond acceptors (Lipinski definition) is 4. The summed E-state index contributed by atoms with van der Waals surface area (Å²) in [6.45, 7) is 7.49. The van der Waals surface area contributed by atoms with Crippen molar-refractivity contribution < 1.29 is 30.0 Å². The van der Waals surface area contributed by atoms with Crippen LogP contribution in [0.4, 0.5) is 0 Å². The molecule has 9 rings (SSSR count). The Kier molecular flexibility index (Phi) is 8.50. The monoisotopic (exact) mass is 832 g/mol. The standard InChI is InChI=1S/C33H18NS.C10H13NO2.Ir/c1-6-12-30-20(7-1)13-15-31(34-30)21-14-16-32-28(17-21)29-18-26-24-10-4-2-8-22(24)23-9-3-5-11-25(23)27(26)19-33(29)35-32;1-5-6(2)8(4)11-9(7(5)3)10(12)13;/h1-13,15-19H;1-4H3,(H,12,13);/q-1;;. The van der Waals surface area contributed by atoms with E-state index in [9.17, 15) is 4.79 Å². The number of aryl methyl sites for hydroxylation is 1. The Morgan fingerprint density at radius 1 is 0.612 bits per heavy atom. The SMILES string of the molecule is Cc1nc(C(=O)O)c(C)c(C)c1C.[Ir].[c-]1cc2sc3cc4c5ccccc5c5ccccc5c4cc3c2cc1-c1ccc2ccccc2n1. The third-order valence-electron chi connectivity index (χ3n) is 9.65. The van der Waals surface area contributed by atoms with E-state index in [-0.39, 0.29) is 25.8 Å². The van der Waals surface area contributed by atoms with Gasteiger partial charge in [0.05, 0.1) is 5.52 Å². The van der Waals surface area contributed by atoms with Crippen LogP contribution in [0.5, 0.6) is 0 Å². The van der Waals surface area contributed by atoms with Gasteiger partial charge >= 0.3 is 5.97 Å². The number of benzene rings is 6. The van der Waals surface area contributed by atoms with Gasteiger partial charge in [-0.15, -0.1) is 23.8 Å². The summed E-state index contributed by atoms with van der Waals surface area (Å²) in [4.78, 5) is 19.7. The number of para-hydroxylation sites is 1. The van der Waals surface area contributed by atoms with Gasteiger partial charge in [-0.3, -0.25) is 4.98 Å². The predicted molar refractivity (Wildman–Crippen MR) is 202 cm³/mol. The second-order valence-electron chi connectivity index (χ2n) is 12.3. The zero-order chi connectivity index (χ0) is 33.1. The Morgan fingerprint density at radius 3 is 1.88 bits per heavy atom. The largest absolute Gasteiger partial charge is 0.477 e. The molecule has 0 spiro atoms. The molecule has 0 saturated heterocycles. The average molecular weight is 832 g/mol. The molecule has 0 bridgehead atoms. The van der Waals surface area contributed by atoms with E-state index in [1.165, 1.54) is 52.5 Å². The third kappa shape index (κ3) is 5.56. The molecule has 1 N–H and O–H groups in total. The van der Waals surface area contributed by atoms with Gasteiger partial charge in [-0.2, -0.15) is 11.3 Å². The molecule has 0 aliphatic rings. The number of carbonyl (C=O) groups is 1. The molecule has 3 aromatic heterocycles. The van der Waals surface area contributed by atoms with Crippen LogP contribution in [0.15, 0.2) is 109 Å². The van der Waals surface area contributed by atoms with Gasteiger partial charge in [0.2, 0.25) is 0 Å². The first-order valence-corrected chi connectivity index (χ1v) is 16.7. The van der Waals surface area contributed by atoms with Crippen molar-refractivity contribution in [3.05, 3.63) is 143 Å².